The van der Waals surface area contributed by atoms with Gasteiger partial charge in [-0.1, -0.05) is 12.8 Å². The Morgan fingerprint density at radius 2 is 2.17 bits per heavy atom. The number of pyridine rings is 1. The Kier molecular flexibility index (Phi) is 4.15. The van der Waals surface area contributed by atoms with E-state index in [1.165, 1.54) is 25.1 Å². The molecule has 0 aromatic carbocycles. The highest BCUT2D eigenvalue weighted by molar-refractivity contribution is 5.88. The molecule has 0 bridgehead atoms. The molecule has 1 fully saturated rings. The van der Waals surface area contributed by atoms with Crippen LogP contribution in [0.25, 0.3) is 0 Å². The van der Waals surface area contributed by atoms with Gasteiger partial charge in [0.2, 0.25) is 0 Å². The Morgan fingerprint density at radius 3 is 2.78 bits per heavy atom. The molecule has 0 radical (unpaired) electrons. The van der Waals surface area contributed by atoms with Crippen molar-refractivity contribution < 1.29 is 15.0 Å². The zero-order chi connectivity index (χ0) is 13.0. The minimum atomic E-state index is -0.950. The fourth-order valence-corrected chi connectivity index (χ4v) is 2.52. The molecule has 1 aromatic heterocycles. The van der Waals surface area contributed by atoms with Crippen LogP contribution in [0.5, 0.6) is 0 Å². The molecule has 5 nitrogen and oxygen atoms in total. The number of hydrogen-bond acceptors (Lipinski definition) is 4. The molecule has 0 spiro atoms. The molecule has 1 heterocycles. The molecule has 2 N–H and O–H groups in total. The molecule has 0 unspecified atom stereocenters. The lowest BCUT2D eigenvalue weighted by Crippen LogP contribution is -2.36. The lowest BCUT2D eigenvalue weighted by molar-refractivity contribution is 0.0697. The predicted octanol–water partition coefficient (Wildman–Crippen LogP) is 1.52. The van der Waals surface area contributed by atoms with Gasteiger partial charge in [-0.15, -0.1) is 0 Å². The van der Waals surface area contributed by atoms with Crippen LogP contribution in [0.15, 0.2) is 18.3 Å². The van der Waals surface area contributed by atoms with Gasteiger partial charge >= 0.3 is 5.97 Å². The molecule has 2 rings (SSSR count). The number of carboxylic acid groups (broad SMARTS) is 1. The maximum Gasteiger partial charge on any atom is 0.335 e. The molecule has 0 aliphatic heterocycles. The summed E-state index contributed by atoms with van der Waals surface area (Å²) in [4.78, 5) is 17.2. The second kappa shape index (κ2) is 5.82. The SMILES string of the molecule is O=C(O)c1ccnc(N(CCO)C2CCCC2)c1. The van der Waals surface area contributed by atoms with Crippen molar-refractivity contribution in [2.45, 2.75) is 31.7 Å². The van der Waals surface area contributed by atoms with E-state index in [2.05, 4.69) is 4.98 Å². The van der Waals surface area contributed by atoms with Gasteiger partial charge in [-0.2, -0.15) is 0 Å². The summed E-state index contributed by atoms with van der Waals surface area (Å²) in [5.74, 6) is -0.301. The van der Waals surface area contributed by atoms with E-state index < -0.39 is 5.97 Å². The highest BCUT2D eigenvalue weighted by atomic mass is 16.4. The standard InChI is InChI=1S/C13H18N2O3/c16-8-7-15(11-3-1-2-4-11)12-9-10(13(17)18)5-6-14-12/h5-6,9,11,16H,1-4,7-8H2,(H,17,18). The smallest absolute Gasteiger partial charge is 0.335 e. The van der Waals surface area contributed by atoms with Gasteiger partial charge in [-0.25, -0.2) is 9.78 Å². The van der Waals surface area contributed by atoms with Gasteiger partial charge < -0.3 is 15.1 Å². The summed E-state index contributed by atoms with van der Waals surface area (Å²) >= 11 is 0. The van der Waals surface area contributed by atoms with Gasteiger partial charge in [0, 0.05) is 18.8 Å². The van der Waals surface area contributed by atoms with Gasteiger partial charge in [0.25, 0.3) is 0 Å². The molecule has 18 heavy (non-hydrogen) atoms. The summed E-state index contributed by atoms with van der Waals surface area (Å²) in [6.45, 7) is 0.552. The molecule has 0 saturated heterocycles. The molecule has 1 saturated carbocycles. The highest BCUT2D eigenvalue weighted by Gasteiger charge is 2.23. The van der Waals surface area contributed by atoms with Crippen molar-refractivity contribution in [3.05, 3.63) is 23.9 Å². The summed E-state index contributed by atoms with van der Waals surface area (Å²) in [5, 5.41) is 18.1. The van der Waals surface area contributed by atoms with Crippen molar-refractivity contribution in [3.63, 3.8) is 0 Å². The Bertz CT molecular complexity index is 416. The number of aromatic carboxylic acids is 1. The van der Waals surface area contributed by atoms with Crippen molar-refractivity contribution in [1.82, 2.24) is 4.98 Å². The number of hydrogen-bond donors (Lipinski definition) is 2. The molecular formula is C13H18N2O3. The molecule has 98 valence electrons. The molecule has 0 atom stereocenters. The largest absolute Gasteiger partial charge is 0.478 e. The Hall–Kier alpha value is -1.62. The number of rotatable bonds is 5. The fraction of sp³-hybridized carbons (Fsp3) is 0.538. The lowest BCUT2D eigenvalue weighted by Gasteiger charge is -2.29. The van der Waals surface area contributed by atoms with Gasteiger partial charge in [-0.3, -0.25) is 0 Å². The molecule has 0 amide bonds. The van der Waals surface area contributed by atoms with E-state index in [0.29, 0.717) is 18.4 Å². The lowest BCUT2D eigenvalue weighted by atomic mass is 10.2. The van der Waals surface area contributed by atoms with Crippen molar-refractivity contribution >= 4 is 11.8 Å². The summed E-state index contributed by atoms with van der Waals surface area (Å²) in [6.07, 6.45) is 6.05. The van der Waals surface area contributed by atoms with Crippen LogP contribution in [0.2, 0.25) is 0 Å². The van der Waals surface area contributed by atoms with E-state index in [1.54, 1.807) is 6.07 Å². The average Bonchev–Trinajstić information content (AvgIpc) is 2.89. The molecule has 1 aliphatic carbocycles. The average molecular weight is 250 g/mol. The van der Waals surface area contributed by atoms with Gasteiger partial charge in [0.05, 0.1) is 12.2 Å². The van der Waals surface area contributed by atoms with Gasteiger partial charge in [-0.05, 0) is 25.0 Å². The van der Waals surface area contributed by atoms with E-state index in [-0.39, 0.29) is 12.2 Å². The summed E-state index contributed by atoms with van der Waals surface area (Å²) in [5.41, 5.74) is 0.237. The van der Waals surface area contributed by atoms with Crippen LogP contribution in [0.3, 0.4) is 0 Å². The van der Waals surface area contributed by atoms with Crippen LogP contribution < -0.4 is 4.90 Å². The van der Waals surface area contributed by atoms with E-state index >= 15 is 0 Å². The third-order valence-electron chi connectivity index (χ3n) is 3.39. The summed E-state index contributed by atoms with van der Waals surface area (Å²) in [6, 6.07) is 3.43. The second-order valence-electron chi connectivity index (χ2n) is 4.56. The minimum Gasteiger partial charge on any atom is -0.478 e. The van der Waals surface area contributed by atoms with Crippen LogP contribution in [-0.4, -0.2) is 40.4 Å². The van der Waals surface area contributed by atoms with Crippen molar-refractivity contribution in [3.8, 4) is 0 Å². The first-order valence-corrected chi connectivity index (χ1v) is 6.29. The van der Waals surface area contributed by atoms with Crippen molar-refractivity contribution in [2.75, 3.05) is 18.1 Å². The zero-order valence-electron chi connectivity index (χ0n) is 10.2. The maximum absolute atomic E-state index is 11.0. The van der Waals surface area contributed by atoms with Crippen LogP contribution in [0.4, 0.5) is 5.82 Å². The normalized spacial score (nSPS) is 15.8. The van der Waals surface area contributed by atoms with Crippen LogP contribution in [0, 0.1) is 0 Å². The molecule has 1 aliphatic rings. The van der Waals surface area contributed by atoms with E-state index in [9.17, 15) is 4.79 Å². The third kappa shape index (κ3) is 2.79. The number of aliphatic hydroxyl groups excluding tert-OH is 1. The zero-order valence-corrected chi connectivity index (χ0v) is 10.2. The van der Waals surface area contributed by atoms with Crippen molar-refractivity contribution in [1.29, 1.82) is 0 Å². The quantitative estimate of drug-likeness (QED) is 0.828. The minimum absolute atomic E-state index is 0.0511. The number of carbonyl (C=O) groups is 1. The summed E-state index contributed by atoms with van der Waals surface area (Å²) < 4.78 is 0. The first-order valence-electron chi connectivity index (χ1n) is 6.29. The predicted molar refractivity (Wildman–Crippen MR) is 67.9 cm³/mol. The van der Waals surface area contributed by atoms with Gasteiger partial charge in [0.1, 0.15) is 5.82 Å². The van der Waals surface area contributed by atoms with E-state index in [0.717, 1.165) is 12.8 Å². The first-order chi connectivity index (χ1) is 8.72. The topological polar surface area (TPSA) is 73.7 Å². The Balaban J connectivity index is 2.23. The molecule has 5 heteroatoms. The monoisotopic (exact) mass is 250 g/mol. The Labute approximate surface area is 106 Å². The van der Waals surface area contributed by atoms with E-state index in [4.69, 9.17) is 10.2 Å². The molecule has 1 aromatic rings. The number of anilines is 1. The number of nitrogens with zero attached hydrogens (tertiary/aromatic N) is 2. The second-order valence-corrected chi connectivity index (χ2v) is 4.56. The number of aliphatic hydroxyl groups is 1. The van der Waals surface area contributed by atoms with Crippen LogP contribution >= 0.6 is 0 Å². The number of carboxylic acids is 1. The maximum atomic E-state index is 11.0. The van der Waals surface area contributed by atoms with Crippen molar-refractivity contribution in [2.24, 2.45) is 0 Å². The van der Waals surface area contributed by atoms with Gasteiger partial charge in [0.15, 0.2) is 0 Å². The fourth-order valence-electron chi connectivity index (χ4n) is 2.52. The molecular weight excluding hydrogens is 232 g/mol. The number of aromatic nitrogens is 1. The third-order valence-corrected chi connectivity index (χ3v) is 3.39. The van der Waals surface area contributed by atoms with E-state index in [1.807, 2.05) is 4.90 Å². The first kappa shape index (κ1) is 12.8. The van der Waals surface area contributed by atoms with Crippen LogP contribution in [-0.2, 0) is 0 Å². The summed E-state index contributed by atoms with van der Waals surface area (Å²) in [7, 11) is 0. The Morgan fingerprint density at radius 1 is 1.44 bits per heavy atom. The highest BCUT2D eigenvalue weighted by Crippen LogP contribution is 2.27. The van der Waals surface area contributed by atoms with Crippen LogP contribution in [0.1, 0.15) is 36.0 Å².